The first kappa shape index (κ1) is 19.6. The summed E-state index contributed by atoms with van der Waals surface area (Å²) in [7, 11) is 0. The van der Waals surface area contributed by atoms with Crippen LogP contribution in [0.25, 0.3) is 0 Å². The minimum Gasteiger partial charge on any atom is -0.478 e. The van der Waals surface area contributed by atoms with E-state index in [1.165, 1.54) is 0 Å². The molecule has 0 amide bonds. The topological polar surface area (TPSA) is 87.1 Å². The lowest BCUT2D eigenvalue weighted by Crippen LogP contribution is -2.36. The van der Waals surface area contributed by atoms with Gasteiger partial charge in [0.15, 0.2) is 0 Å². The highest BCUT2D eigenvalue weighted by Gasteiger charge is 2.25. The summed E-state index contributed by atoms with van der Waals surface area (Å²) in [5.41, 5.74) is 0.141. The number of rotatable bonds is 10. The van der Waals surface area contributed by atoms with Gasteiger partial charge < -0.3 is 14.9 Å². The SMILES string of the molecule is CCCCC(C)C(C(=O)O)=C(CCCN1CCOCC1)C(=O)O. The molecule has 1 atom stereocenters. The van der Waals surface area contributed by atoms with Crippen molar-refractivity contribution in [2.45, 2.75) is 46.0 Å². The van der Waals surface area contributed by atoms with Crippen molar-refractivity contribution in [3.8, 4) is 0 Å². The van der Waals surface area contributed by atoms with Gasteiger partial charge in [0.2, 0.25) is 0 Å². The van der Waals surface area contributed by atoms with Crippen molar-refractivity contribution in [3.05, 3.63) is 11.1 Å². The summed E-state index contributed by atoms with van der Waals surface area (Å²) in [6.45, 7) is 7.74. The molecule has 132 valence electrons. The standard InChI is InChI=1S/C17H29NO5/c1-3-4-6-13(2)15(17(21)22)14(16(19)20)7-5-8-18-9-11-23-12-10-18/h13H,3-12H2,1-2H3,(H,19,20)(H,21,22). The zero-order valence-electron chi connectivity index (χ0n) is 14.2. The van der Waals surface area contributed by atoms with Gasteiger partial charge in [-0.2, -0.15) is 0 Å². The van der Waals surface area contributed by atoms with E-state index in [1.54, 1.807) is 0 Å². The van der Waals surface area contributed by atoms with E-state index in [4.69, 9.17) is 4.74 Å². The summed E-state index contributed by atoms with van der Waals surface area (Å²) in [5, 5.41) is 18.9. The number of carbonyl (C=O) groups is 2. The van der Waals surface area contributed by atoms with Gasteiger partial charge in [0.25, 0.3) is 0 Å². The number of unbranched alkanes of at least 4 members (excludes halogenated alkanes) is 1. The third-order valence-electron chi connectivity index (χ3n) is 4.30. The Morgan fingerprint density at radius 1 is 1.13 bits per heavy atom. The molecule has 0 aromatic rings. The summed E-state index contributed by atoms with van der Waals surface area (Å²) >= 11 is 0. The normalized spacial score (nSPS) is 18.3. The minimum atomic E-state index is -1.10. The summed E-state index contributed by atoms with van der Waals surface area (Å²) < 4.78 is 5.28. The maximum atomic E-state index is 11.6. The van der Waals surface area contributed by atoms with Crippen LogP contribution in [-0.2, 0) is 14.3 Å². The lowest BCUT2D eigenvalue weighted by Gasteiger charge is -2.26. The van der Waals surface area contributed by atoms with Crippen LogP contribution < -0.4 is 0 Å². The van der Waals surface area contributed by atoms with Gasteiger partial charge in [-0.1, -0.05) is 26.7 Å². The van der Waals surface area contributed by atoms with Crippen LogP contribution in [0.4, 0.5) is 0 Å². The van der Waals surface area contributed by atoms with Crippen molar-refractivity contribution in [2.75, 3.05) is 32.8 Å². The fraction of sp³-hybridized carbons (Fsp3) is 0.765. The molecule has 23 heavy (non-hydrogen) atoms. The van der Waals surface area contributed by atoms with Gasteiger partial charge in [0.1, 0.15) is 0 Å². The first-order valence-corrected chi connectivity index (χ1v) is 8.47. The monoisotopic (exact) mass is 327 g/mol. The molecule has 1 rings (SSSR count). The zero-order chi connectivity index (χ0) is 17.2. The van der Waals surface area contributed by atoms with Crippen molar-refractivity contribution in [2.24, 2.45) is 5.92 Å². The van der Waals surface area contributed by atoms with Crippen LogP contribution in [0, 0.1) is 5.92 Å². The van der Waals surface area contributed by atoms with Gasteiger partial charge in [0.05, 0.1) is 18.8 Å². The second-order valence-electron chi connectivity index (χ2n) is 6.10. The quantitative estimate of drug-likeness (QED) is 0.599. The average Bonchev–Trinajstić information content (AvgIpc) is 2.52. The molecule has 0 aliphatic carbocycles. The average molecular weight is 327 g/mol. The van der Waals surface area contributed by atoms with Crippen molar-refractivity contribution in [1.29, 1.82) is 0 Å². The largest absolute Gasteiger partial charge is 0.478 e. The fourth-order valence-electron chi connectivity index (χ4n) is 2.95. The third-order valence-corrected chi connectivity index (χ3v) is 4.30. The Morgan fingerprint density at radius 2 is 1.78 bits per heavy atom. The maximum absolute atomic E-state index is 11.6. The van der Waals surface area contributed by atoms with E-state index >= 15 is 0 Å². The lowest BCUT2D eigenvalue weighted by atomic mass is 9.89. The molecule has 0 saturated carbocycles. The van der Waals surface area contributed by atoms with E-state index in [2.05, 4.69) is 4.90 Å². The lowest BCUT2D eigenvalue weighted by molar-refractivity contribution is -0.136. The first-order chi connectivity index (χ1) is 11.0. The number of ether oxygens (including phenoxy) is 1. The Hall–Kier alpha value is -1.40. The number of hydrogen-bond acceptors (Lipinski definition) is 4. The molecule has 0 aromatic heterocycles. The van der Waals surface area contributed by atoms with E-state index in [0.29, 0.717) is 32.5 Å². The predicted molar refractivity (Wildman–Crippen MR) is 87.5 cm³/mol. The van der Waals surface area contributed by atoms with Gasteiger partial charge in [-0.25, -0.2) is 9.59 Å². The highest BCUT2D eigenvalue weighted by atomic mass is 16.5. The third kappa shape index (κ3) is 6.71. The minimum absolute atomic E-state index is 0.0642. The Morgan fingerprint density at radius 3 is 2.30 bits per heavy atom. The molecular weight excluding hydrogens is 298 g/mol. The van der Waals surface area contributed by atoms with Crippen LogP contribution in [0.2, 0.25) is 0 Å². The molecule has 1 aliphatic heterocycles. The van der Waals surface area contributed by atoms with Gasteiger partial charge in [-0.05, 0) is 31.7 Å². The number of nitrogens with zero attached hydrogens (tertiary/aromatic N) is 1. The van der Waals surface area contributed by atoms with Crippen molar-refractivity contribution in [3.63, 3.8) is 0 Å². The molecule has 1 aliphatic rings. The van der Waals surface area contributed by atoms with E-state index in [0.717, 1.165) is 32.5 Å². The highest BCUT2D eigenvalue weighted by molar-refractivity contribution is 5.99. The van der Waals surface area contributed by atoms with Gasteiger partial charge in [-0.15, -0.1) is 0 Å². The Kier molecular flexibility index (Phi) is 8.87. The van der Waals surface area contributed by atoms with Crippen molar-refractivity contribution in [1.82, 2.24) is 4.90 Å². The van der Waals surface area contributed by atoms with E-state index in [1.807, 2.05) is 13.8 Å². The summed E-state index contributed by atoms with van der Waals surface area (Å²) in [5.74, 6) is -2.44. The smallest absolute Gasteiger partial charge is 0.332 e. The second-order valence-corrected chi connectivity index (χ2v) is 6.10. The summed E-state index contributed by atoms with van der Waals surface area (Å²) in [4.78, 5) is 25.3. The number of morpholine rings is 1. The van der Waals surface area contributed by atoms with E-state index < -0.39 is 11.9 Å². The molecule has 6 heteroatoms. The van der Waals surface area contributed by atoms with Crippen molar-refractivity contribution < 1.29 is 24.5 Å². The van der Waals surface area contributed by atoms with Gasteiger partial charge in [-0.3, -0.25) is 4.90 Å². The van der Waals surface area contributed by atoms with Crippen LogP contribution in [-0.4, -0.2) is 59.9 Å². The Labute approximate surface area is 138 Å². The predicted octanol–water partition coefficient (Wildman–Crippen LogP) is 2.39. The maximum Gasteiger partial charge on any atom is 0.332 e. The van der Waals surface area contributed by atoms with Crippen LogP contribution in [0.15, 0.2) is 11.1 Å². The first-order valence-electron chi connectivity index (χ1n) is 8.47. The molecule has 1 unspecified atom stereocenters. The van der Waals surface area contributed by atoms with Crippen LogP contribution >= 0.6 is 0 Å². The van der Waals surface area contributed by atoms with Crippen LogP contribution in [0.3, 0.4) is 0 Å². The molecule has 1 saturated heterocycles. The van der Waals surface area contributed by atoms with Gasteiger partial charge in [0, 0.05) is 18.7 Å². The van der Waals surface area contributed by atoms with E-state index in [9.17, 15) is 19.8 Å². The molecule has 0 spiro atoms. The van der Waals surface area contributed by atoms with Gasteiger partial charge >= 0.3 is 11.9 Å². The van der Waals surface area contributed by atoms with Crippen LogP contribution in [0.1, 0.15) is 46.0 Å². The van der Waals surface area contributed by atoms with Crippen LogP contribution in [0.5, 0.6) is 0 Å². The molecule has 0 radical (unpaired) electrons. The molecule has 1 heterocycles. The highest BCUT2D eigenvalue weighted by Crippen LogP contribution is 2.24. The molecule has 6 nitrogen and oxygen atoms in total. The molecule has 0 aromatic carbocycles. The molecule has 0 bridgehead atoms. The summed E-state index contributed by atoms with van der Waals surface area (Å²) in [6, 6.07) is 0. The molecule has 2 N–H and O–H groups in total. The molecule has 1 fully saturated rings. The number of hydrogen-bond donors (Lipinski definition) is 2. The number of carboxylic acids is 2. The number of carboxylic acid groups (broad SMARTS) is 2. The zero-order valence-corrected chi connectivity index (χ0v) is 14.2. The fourth-order valence-corrected chi connectivity index (χ4v) is 2.95. The van der Waals surface area contributed by atoms with Crippen molar-refractivity contribution >= 4 is 11.9 Å². The second kappa shape index (κ2) is 10.4. The number of aliphatic carboxylic acids is 2. The Bertz CT molecular complexity index is 427. The van der Waals surface area contributed by atoms with E-state index in [-0.39, 0.29) is 17.1 Å². The Balaban J connectivity index is 2.73. The summed E-state index contributed by atoms with van der Waals surface area (Å²) in [6.07, 6.45) is 3.53. The molecular formula is C17H29NO5.